The van der Waals surface area contributed by atoms with Crippen molar-refractivity contribution < 1.29 is 9.59 Å². The highest BCUT2D eigenvalue weighted by Gasteiger charge is 2.10. The predicted molar refractivity (Wildman–Crippen MR) is 88.2 cm³/mol. The number of benzene rings is 1. The molecule has 1 N–H and O–H groups in total. The zero-order valence-electron chi connectivity index (χ0n) is 12.2. The Morgan fingerprint density at radius 2 is 1.86 bits per heavy atom. The smallest absolute Gasteiger partial charge is 0.265 e. The number of halogens is 1. The van der Waals surface area contributed by atoms with Gasteiger partial charge in [-0.2, -0.15) is 0 Å². The fraction of sp³-hybridized carbons (Fsp3) is 0.188. The molecule has 0 saturated heterocycles. The van der Waals surface area contributed by atoms with Gasteiger partial charge in [0.05, 0.1) is 11.0 Å². The number of ketones is 1. The summed E-state index contributed by atoms with van der Waals surface area (Å²) in [5, 5.41) is 2.63. The first-order valence-electron chi connectivity index (χ1n) is 6.64. The summed E-state index contributed by atoms with van der Waals surface area (Å²) >= 11 is 3.19. The van der Waals surface area contributed by atoms with E-state index >= 15 is 0 Å². The Hall–Kier alpha value is -2.21. The second-order valence-corrected chi connectivity index (χ2v) is 5.83. The quantitative estimate of drug-likeness (QED) is 0.850. The molecule has 6 heteroatoms. The van der Waals surface area contributed by atoms with E-state index < -0.39 is 0 Å². The number of anilines is 1. The summed E-state index contributed by atoms with van der Waals surface area (Å²) in [5.41, 5.74) is 1.76. The molecule has 2 aromatic rings. The maximum Gasteiger partial charge on any atom is 0.265 e. The van der Waals surface area contributed by atoms with Crippen LogP contribution in [0, 0.1) is 6.92 Å². The Kier molecular flexibility index (Phi) is 4.92. The van der Waals surface area contributed by atoms with Crippen LogP contribution in [0.3, 0.4) is 0 Å². The van der Waals surface area contributed by atoms with Crippen LogP contribution < -0.4 is 10.9 Å². The van der Waals surface area contributed by atoms with Gasteiger partial charge in [-0.15, -0.1) is 0 Å². The zero-order chi connectivity index (χ0) is 16.3. The maximum atomic E-state index is 12.3. The maximum absolute atomic E-state index is 12.3. The van der Waals surface area contributed by atoms with Gasteiger partial charge in [-0.3, -0.25) is 14.4 Å². The Morgan fingerprint density at radius 1 is 1.23 bits per heavy atom. The molecule has 0 aliphatic heterocycles. The van der Waals surface area contributed by atoms with Gasteiger partial charge in [0.15, 0.2) is 5.78 Å². The summed E-state index contributed by atoms with van der Waals surface area (Å²) in [6.45, 7) is 3.24. The molecule has 1 aromatic heterocycles. The van der Waals surface area contributed by atoms with Gasteiger partial charge in [-0.05, 0) is 58.7 Å². The van der Waals surface area contributed by atoms with E-state index in [0.717, 1.165) is 5.56 Å². The Bertz CT molecular complexity index is 779. The van der Waals surface area contributed by atoms with E-state index in [9.17, 15) is 14.4 Å². The molecule has 0 bridgehead atoms. The van der Waals surface area contributed by atoms with Crippen molar-refractivity contribution >= 4 is 33.3 Å². The van der Waals surface area contributed by atoms with Gasteiger partial charge in [0, 0.05) is 24.4 Å². The molecule has 0 aliphatic carbocycles. The van der Waals surface area contributed by atoms with Crippen molar-refractivity contribution in [2.75, 3.05) is 5.32 Å². The number of nitrogens with zero attached hydrogens (tertiary/aromatic N) is 1. The van der Waals surface area contributed by atoms with E-state index in [1.165, 1.54) is 11.5 Å². The lowest BCUT2D eigenvalue weighted by atomic mass is 10.1. The predicted octanol–water partition coefficient (Wildman–Crippen LogP) is 2.76. The minimum atomic E-state index is -0.242. The lowest BCUT2D eigenvalue weighted by molar-refractivity contribution is -0.114. The lowest BCUT2D eigenvalue weighted by Gasteiger charge is -2.08. The molecule has 0 unspecified atom stereocenters. The van der Waals surface area contributed by atoms with Gasteiger partial charge < -0.3 is 9.88 Å². The highest BCUT2D eigenvalue weighted by Crippen LogP contribution is 2.11. The number of carbonyl (C=O) groups is 2. The highest BCUT2D eigenvalue weighted by atomic mass is 79.9. The topological polar surface area (TPSA) is 68.2 Å². The fourth-order valence-corrected chi connectivity index (χ4v) is 2.64. The number of hydrogen-bond acceptors (Lipinski definition) is 3. The number of Topliss-reactive ketones (excluding diaryl/α,β-unsaturated/α-hetero) is 1. The molecular formula is C16H15BrN2O3. The number of nitrogens with one attached hydrogen (secondary N) is 1. The largest absolute Gasteiger partial charge is 0.326 e. The summed E-state index contributed by atoms with van der Waals surface area (Å²) in [4.78, 5) is 35.2. The molecular weight excluding hydrogens is 348 g/mol. The van der Waals surface area contributed by atoms with Gasteiger partial charge in [-0.1, -0.05) is 0 Å². The Balaban J connectivity index is 2.19. The van der Waals surface area contributed by atoms with Crippen LogP contribution in [0.15, 0.2) is 45.8 Å². The van der Waals surface area contributed by atoms with E-state index in [1.807, 2.05) is 6.92 Å². The molecule has 0 aliphatic rings. The van der Waals surface area contributed by atoms with Gasteiger partial charge >= 0.3 is 0 Å². The number of hydrogen-bond donors (Lipinski definition) is 1. The normalized spacial score (nSPS) is 10.3. The van der Waals surface area contributed by atoms with Crippen molar-refractivity contribution in [1.82, 2.24) is 4.57 Å². The number of aryl methyl sites for hydroxylation is 1. The molecule has 1 heterocycles. The molecule has 0 atom stereocenters. The van der Waals surface area contributed by atoms with Gasteiger partial charge in [0.1, 0.15) is 0 Å². The number of rotatable bonds is 4. The van der Waals surface area contributed by atoms with Crippen LogP contribution in [0.1, 0.15) is 22.8 Å². The van der Waals surface area contributed by atoms with Crippen LogP contribution in [0.4, 0.5) is 5.69 Å². The number of pyridine rings is 1. The van der Waals surface area contributed by atoms with E-state index in [0.29, 0.717) is 15.7 Å². The van der Waals surface area contributed by atoms with Crippen LogP contribution in [-0.4, -0.2) is 16.3 Å². The van der Waals surface area contributed by atoms with Crippen molar-refractivity contribution in [2.24, 2.45) is 0 Å². The summed E-state index contributed by atoms with van der Waals surface area (Å²) in [6, 6.07) is 8.28. The molecule has 0 fully saturated rings. The minimum absolute atomic E-state index is 0.0292. The van der Waals surface area contributed by atoms with Crippen LogP contribution in [-0.2, 0) is 11.3 Å². The lowest BCUT2D eigenvalue weighted by Crippen LogP contribution is -2.24. The highest BCUT2D eigenvalue weighted by molar-refractivity contribution is 9.10. The van der Waals surface area contributed by atoms with E-state index in [-0.39, 0.29) is 23.8 Å². The van der Waals surface area contributed by atoms with Crippen LogP contribution in [0.25, 0.3) is 0 Å². The molecule has 22 heavy (non-hydrogen) atoms. The molecule has 114 valence electrons. The van der Waals surface area contributed by atoms with Crippen LogP contribution in [0.5, 0.6) is 0 Å². The van der Waals surface area contributed by atoms with E-state index in [4.69, 9.17) is 0 Å². The molecule has 0 spiro atoms. The third kappa shape index (κ3) is 3.92. The third-order valence-electron chi connectivity index (χ3n) is 3.02. The molecule has 0 saturated carbocycles. The van der Waals surface area contributed by atoms with Gasteiger partial charge in [-0.25, -0.2) is 0 Å². The van der Waals surface area contributed by atoms with Crippen molar-refractivity contribution in [3.05, 3.63) is 62.5 Å². The van der Waals surface area contributed by atoms with E-state index in [1.54, 1.807) is 36.5 Å². The summed E-state index contributed by atoms with van der Waals surface area (Å²) in [7, 11) is 0. The average molecular weight is 363 g/mol. The molecule has 5 nitrogen and oxygen atoms in total. The zero-order valence-corrected chi connectivity index (χ0v) is 13.8. The van der Waals surface area contributed by atoms with Crippen molar-refractivity contribution in [2.45, 2.75) is 20.4 Å². The number of aromatic nitrogens is 1. The third-order valence-corrected chi connectivity index (χ3v) is 3.59. The van der Waals surface area contributed by atoms with Gasteiger partial charge in [0.25, 0.3) is 5.56 Å². The van der Waals surface area contributed by atoms with Crippen molar-refractivity contribution in [3.63, 3.8) is 0 Å². The first kappa shape index (κ1) is 16.2. The minimum Gasteiger partial charge on any atom is -0.326 e. The summed E-state index contributed by atoms with van der Waals surface area (Å²) in [6.07, 6.45) is 1.65. The molecule has 1 aromatic carbocycles. The summed E-state index contributed by atoms with van der Waals surface area (Å²) in [5.74, 6) is -0.343. The average Bonchev–Trinajstić information content (AvgIpc) is 2.44. The van der Waals surface area contributed by atoms with E-state index in [2.05, 4.69) is 21.2 Å². The molecule has 0 radical (unpaired) electrons. The second-order valence-electron chi connectivity index (χ2n) is 4.98. The number of carbonyl (C=O) groups excluding carboxylic acids is 2. The van der Waals surface area contributed by atoms with Crippen LogP contribution >= 0.6 is 15.9 Å². The molecule has 2 rings (SSSR count). The molecule has 1 amide bonds. The first-order chi connectivity index (χ1) is 10.4. The van der Waals surface area contributed by atoms with Crippen molar-refractivity contribution in [1.29, 1.82) is 0 Å². The Labute approximate surface area is 136 Å². The van der Waals surface area contributed by atoms with Crippen molar-refractivity contribution in [3.8, 4) is 0 Å². The first-order valence-corrected chi connectivity index (χ1v) is 7.43. The SMILES string of the molecule is CC(=O)Nc1ccc(C(=O)Cn2cc(C)cc(Br)c2=O)cc1. The Morgan fingerprint density at radius 3 is 2.45 bits per heavy atom. The summed E-state index contributed by atoms with van der Waals surface area (Å²) < 4.78 is 1.81. The standard InChI is InChI=1S/C16H15BrN2O3/c1-10-7-14(17)16(22)19(8-10)9-15(21)12-3-5-13(6-4-12)18-11(2)20/h3-8H,9H2,1-2H3,(H,18,20). The number of amides is 1. The monoisotopic (exact) mass is 362 g/mol. The second kappa shape index (κ2) is 6.70. The fourth-order valence-electron chi connectivity index (χ4n) is 2.05. The van der Waals surface area contributed by atoms with Crippen LogP contribution in [0.2, 0.25) is 0 Å². The van der Waals surface area contributed by atoms with Gasteiger partial charge in [0.2, 0.25) is 5.91 Å².